The number of hydrogen-bond acceptors (Lipinski definition) is 2. The molecule has 0 bridgehead atoms. The second-order valence-corrected chi connectivity index (χ2v) is 6.56. The average Bonchev–Trinajstić information content (AvgIpc) is 3.02. The summed E-state index contributed by atoms with van der Waals surface area (Å²) >= 11 is 0. The summed E-state index contributed by atoms with van der Waals surface area (Å²) in [7, 11) is 1.64. The van der Waals surface area contributed by atoms with Gasteiger partial charge in [-0.1, -0.05) is 48.5 Å². The van der Waals surface area contributed by atoms with E-state index < -0.39 is 0 Å². The first kappa shape index (κ1) is 15.6. The first-order valence-corrected chi connectivity index (χ1v) is 8.87. The molecule has 0 N–H and O–H groups in total. The lowest BCUT2D eigenvalue weighted by Gasteiger charge is -2.18. The van der Waals surface area contributed by atoms with E-state index in [4.69, 9.17) is 4.74 Å². The van der Waals surface area contributed by atoms with E-state index in [1.807, 2.05) is 60.7 Å². The lowest BCUT2D eigenvalue weighted by Crippen LogP contribution is -2.20. The minimum atomic E-state index is 0.00554. The molecule has 4 aromatic rings. The number of ether oxygens (including phenoxy) is 1. The van der Waals surface area contributed by atoms with Gasteiger partial charge in [-0.3, -0.25) is 9.69 Å². The molecule has 0 spiro atoms. The molecule has 1 amide bonds. The normalized spacial score (nSPS) is 12.6. The highest BCUT2D eigenvalue weighted by atomic mass is 16.5. The van der Waals surface area contributed by atoms with Crippen LogP contribution in [0.4, 0.5) is 11.4 Å². The largest absolute Gasteiger partial charge is 0.497 e. The number of hydrogen-bond donors (Lipinski definition) is 0. The van der Waals surface area contributed by atoms with Crippen molar-refractivity contribution < 1.29 is 9.53 Å². The van der Waals surface area contributed by atoms with E-state index in [1.165, 1.54) is 0 Å². The average molecular weight is 351 g/mol. The van der Waals surface area contributed by atoms with Crippen molar-refractivity contribution in [3.05, 3.63) is 90.5 Å². The molecule has 4 aromatic carbocycles. The van der Waals surface area contributed by atoms with Crippen LogP contribution in [0, 0.1) is 0 Å². The van der Waals surface area contributed by atoms with Crippen molar-refractivity contribution in [1.82, 2.24) is 0 Å². The molecule has 5 rings (SSSR count). The van der Waals surface area contributed by atoms with Gasteiger partial charge >= 0.3 is 0 Å². The van der Waals surface area contributed by atoms with E-state index in [2.05, 4.69) is 24.3 Å². The van der Waals surface area contributed by atoms with E-state index in [9.17, 15) is 4.79 Å². The van der Waals surface area contributed by atoms with Crippen LogP contribution in [0.15, 0.2) is 84.9 Å². The van der Waals surface area contributed by atoms with Crippen molar-refractivity contribution in [3.63, 3.8) is 0 Å². The number of benzene rings is 4. The van der Waals surface area contributed by atoms with Crippen molar-refractivity contribution in [2.24, 2.45) is 0 Å². The molecule has 3 nitrogen and oxygen atoms in total. The quantitative estimate of drug-likeness (QED) is 0.466. The van der Waals surface area contributed by atoms with Crippen LogP contribution < -0.4 is 9.64 Å². The summed E-state index contributed by atoms with van der Waals surface area (Å²) in [6.45, 7) is 0. The lowest BCUT2D eigenvalue weighted by atomic mass is 9.96. The maximum absolute atomic E-state index is 13.2. The molecule has 0 aromatic heterocycles. The van der Waals surface area contributed by atoms with Crippen molar-refractivity contribution in [1.29, 1.82) is 0 Å². The standard InChI is InChI=1S/C24H17NO2/c1-27-18-12-10-17(11-13-18)25-22-15-14-19(16-6-3-2-4-7-16)20-8-5-9-21(23(20)22)24(25)26/h2-15H,1H3. The molecular weight excluding hydrogens is 334 g/mol. The molecule has 130 valence electrons. The molecule has 0 saturated carbocycles. The molecule has 0 saturated heterocycles. The van der Waals surface area contributed by atoms with E-state index in [0.29, 0.717) is 0 Å². The fraction of sp³-hybridized carbons (Fsp3) is 0.0417. The Morgan fingerprint density at radius 3 is 2.26 bits per heavy atom. The highest BCUT2D eigenvalue weighted by Crippen LogP contribution is 2.44. The van der Waals surface area contributed by atoms with Gasteiger partial charge in [0.1, 0.15) is 5.75 Å². The van der Waals surface area contributed by atoms with Crippen LogP contribution in [0.1, 0.15) is 10.4 Å². The highest BCUT2D eigenvalue weighted by Gasteiger charge is 2.31. The summed E-state index contributed by atoms with van der Waals surface area (Å²) < 4.78 is 5.24. The van der Waals surface area contributed by atoms with Gasteiger partial charge in [-0.25, -0.2) is 0 Å². The van der Waals surface area contributed by atoms with Gasteiger partial charge in [-0.2, -0.15) is 0 Å². The summed E-state index contributed by atoms with van der Waals surface area (Å²) in [5.41, 5.74) is 4.80. The number of methoxy groups -OCH3 is 1. The van der Waals surface area contributed by atoms with Gasteiger partial charge in [0.25, 0.3) is 5.91 Å². The molecule has 0 radical (unpaired) electrons. The van der Waals surface area contributed by atoms with Crippen LogP contribution in [-0.4, -0.2) is 13.0 Å². The minimum Gasteiger partial charge on any atom is -0.497 e. The Labute approximate surface area is 157 Å². The number of anilines is 2. The third-order valence-corrected chi connectivity index (χ3v) is 5.11. The van der Waals surface area contributed by atoms with Crippen LogP contribution >= 0.6 is 0 Å². The minimum absolute atomic E-state index is 0.00554. The van der Waals surface area contributed by atoms with Crippen molar-refractivity contribution in [3.8, 4) is 16.9 Å². The smallest absolute Gasteiger partial charge is 0.263 e. The van der Waals surface area contributed by atoms with Crippen molar-refractivity contribution in [2.45, 2.75) is 0 Å². The molecule has 1 aliphatic heterocycles. The Bertz CT molecular complexity index is 1160. The fourth-order valence-corrected chi connectivity index (χ4v) is 3.84. The Morgan fingerprint density at radius 1 is 0.741 bits per heavy atom. The van der Waals surface area contributed by atoms with Gasteiger partial charge in [0.2, 0.25) is 0 Å². The molecule has 1 aliphatic rings. The second kappa shape index (κ2) is 5.99. The van der Waals surface area contributed by atoms with Crippen LogP contribution in [0.5, 0.6) is 5.75 Å². The summed E-state index contributed by atoms with van der Waals surface area (Å²) in [6, 6.07) is 28.0. The Balaban J connectivity index is 1.73. The van der Waals surface area contributed by atoms with Gasteiger partial charge < -0.3 is 4.74 Å². The first-order valence-electron chi connectivity index (χ1n) is 8.87. The summed E-state index contributed by atoms with van der Waals surface area (Å²) in [5, 5.41) is 2.11. The van der Waals surface area contributed by atoms with E-state index in [1.54, 1.807) is 12.0 Å². The summed E-state index contributed by atoms with van der Waals surface area (Å²) in [4.78, 5) is 15.0. The number of carbonyl (C=O) groups is 1. The molecule has 27 heavy (non-hydrogen) atoms. The monoisotopic (exact) mass is 351 g/mol. The summed E-state index contributed by atoms with van der Waals surface area (Å²) in [5.74, 6) is 0.776. The zero-order valence-corrected chi connectivity index (χ0v) is 14.8. The van der Waals surface area contributed by atoms with Crippen LogP contribution in [-0.2, 0) is 0 Å². The number of nitrogens with zero attached hydrogens (tertiary/aromatic N) is 1. The maximum Gasteiger partial charge on any atom is 0.263 e. The van der Waals surface area contributed by atoms with Gasteiger partial charge in [0, 0.05) is 11.1 Å². The second-order valence-electron chi connectivity index (χ2n) is 6.56. The lowest BCUT2D eigenvalue weighted by molar-refractivity contribution is 0.100. The van der Waals surface area contributed by atoms with Crippen LogP contribution in [0.25, 0.3) is 21.9 Å². The zero-order chi connectivity index (χ0) is 18.4. The van der Waals surface area contributed by atoms with Gasteiger partial charge in [-0.05, 0) is 52.9 Å². The van der Waals surface area contributed by atoms with Crippen LogP contribution in [0.2, 0.25) is 0 Å². The van der Waals surface area contributed by atoms with E-state index >= 15 is 0 Å². The predicted molar refractivity (Wildman–Crippen MR) is 109 cm³/mol. The molecule has 0 aliphatic carbocycles. The molecule has 0 unspecified atom stereocenters. The number of carbonyl (C=O) groups excluding carboxylic acids is 1. The zero-order valence-electron chi connectivity index (χ0n) is 14.8. The highest BCUT2D eigenvalue weighted by molar-refractivity contribution is 6.29. The Hall–Kier alpha value is -3.59. The number of rotatable bonds is 3. The van der Waals surface area contributed by atoms with E-state index in [0.717, 1.165) is 44.6 Å². The van der Waals surface area contributed by atoms with Gasteiger partial charge in [0.05, 0.1) is 18.4 Å². The first-order chi connectivity index (χ1) is 13.3. The maximum atomic E-state index is 13.2. The van der Waals surface area contributed by atoms with Gasteiger partial charge in [0.15, 0.2) is 0 Å². The third-order valence-electron chi connectivity index (χ3n) is 5.11. The topological polar surface area (TPSA) is 29.5 Å². The third kappa shape index (κ3) is 2.32. The molecule has 0 fully saturated rings. The molecule has 3 heteroatoms. The molecule has 1 heterocycles. The van der Waals surface area contributed by atoms with E-state index in [-0.39, 0.29) is 5.91 Å². The van der Waals surface area contributed by atoms with Crippen LogP contribution in [0.3, 0.4) is 0 Å². The molecule has 0 atom stereocenters. The SMILES string of the molecule is COc1ccc(N2C(=O)c3cccc4c(-c5ccccc5)ccc2c34)cc1. The number of amides is 1. The molecular formula is C24H17NO2. The fourth-order valence-electron chi connectivity index (χ4n) is 3.84. The summed E-state index contributed by atoms with van der Waals surface area (Å²) in [6.07, 6.45) is 0. The predicted octanol–water partition coefficient (Wildman–Crippen LogP) is 5.81. The van der Waals surface area contributed by atoms with Crippen molar-refractivity contribution in [2.75, 3.05) is 12.0 Å². The van der Waals surface area contributed by atoms with Crippen molar-refractivity contribution >= 4 is 28.1 Å². The van der Waals surface area contributed by atoms with Gasteiger partial charge in [-0.15, -0.1) is 0 Å². The Kier molecular flexibility index (Phi) is 3.47. The Morgan fingerprint density at radius 2 is 1.52 bits per heavy atom.